The van der Waals surface area contributed by atoms with Gasteiger partial charge >= 0.3 is 0 Å². The fraction of sp³-hybridized carbons (Fsp3) is 0.867. The van der Waals surface area contributed by atoms with Crippen molar-refractivity contribution in [1.82, 2.24) is 15.1 Å². The highest BCUT2D eigenvalue weighted by Crippen LogP contribution is 2.22. The molecule has 1 fully saturated rings. The van der Waals surface area contributed by atoms with Gasteiger partial charge in [-0.1, -0.05) is 12.8 Å². The Bertz CT molecular complexity index is 344. The molecule has 116 valence electrons. The van der Waals surface area contributed by atoms with Crippen molar-refractivity contribution in [2.24, 2.45) is 0 Å². The van der Waals surface area contributed by atoms with Crippen molar-refractivity contribution in [2.75, 3.05) is 27.2 Å². The number of carbonyl (C=O) groups is 2. The van der Waals surface area contributed by atoms with Gasteiger partial charge in [0.1, 0.15) is 0 Å². The maximum absolute atomic E-state index is 12.1. The Morgan fingerprint density at radius 1 is 1.10 bits per heavy atom. The molecule has 1 N–H and O–H groups in total. The van der Waals surface area contributed by atoms with Crippen LogP contribution in [-0.4, -0.2) is 60.4 Å². The molecule has 1 aliphatic rings. The van der Waals surface area contributed by atoms with E-state index in [2.05, 4.69) is 10.2 Å². The van der Waals surface area contributed by atoms with Crippen molar-refractivity contribution in [3.05, 3.63) is 0 Å². The topological polar surface area (TPSA) is 52.7 Å². The smallest absolute Gasteiger partial charge is 0.240 e. The van der Waals surface area contributed by atoms with Crippen molar-refractivity contribution >= 4 is 11.8 Å². The molecule has 20 heavy (non-hydrogen) atoms. The summed E-state index contributed by atoms with van der Waals surface area (Å²) in [7, 11) is 3.68. The second kappa shape index (κ2) is 7.07. The highest BCUT2D eigenvalue weighted by Gasteiger charge is 2.23. The zero-order valence-electron chi connectivity index (χ0n) is 13.5. The average molecular weight is 283 g/mol. The van der Waals surface area contributed by atoms with Gasteiger partial charge in [0.2, 0.25) is 11.8 Å². The predicted octanol–water partition coefficient (Wildman–Crippen LogP) is 1.23. The van der Waals surface area contributed by atoms with Gasteiger partial charge in [-0.25, -0.2) is 0 Å². The lowest BCUT2D eigenvalue weighted by Gasteiger charge is -2.27. The number of nitrogens with zero attached hydrogens (tertiary/aromatic N) is 2. The fourth-order valence-electron chi connectivity index (χ4n) is 2.57. The number of hydrogen-bond acceptors (Lipinski definition) is 3. The van der Waals surface area contributed by atoms with Gasteiger partial charge in [-0.05, 0) is 40.7 Å². The van der Waals surface area contributed by atoms with E-state index < -0.39 is 0 Å². The van der Waals surface area contributed by atoms with E-state index in [9.17, 15) is 9.59 Å². The summed E-state index contributed by atoms with van der Waals surface area (Å²) in [5, 5.41) is 2.87. The van der Waals surface area contributed by atoms with Gasteiger partial charge in [-0.2, -0.15) is 0 Å². The Labute approximate surface area is 122 Å². The summed E-state index contributed by atoms with van der Waals surface area (Å²) in [6, 6.07) is 0.524. The van der Waals surface area contributed by atoms with Crippen LogP contribution in [-0.2, 0) is 9.59 Å². The highest BCUT2D eigenvalue weighted by molar-refractivity contribution is 5.85. The Morgan fingerprint density at radius 2 is 1.65 bits per heavy atom. The molecule has 0 atom stereocenters. The normalized spacial score (nSPS) is 16.5. The van der Waals surface area contributed by atoms with Crippen LogP contribution in [0.2, 0.25) is 0 Å². The zero-order valence-corrected chi connectivity index (χ0v) is 13.5. The molecule has 0 aliphatic heterocycles. The van der Waals surface area contributed by atoms with Gasteiger partial charge in [0.05, 0.1) is 13.1 Å². The molecule has 0 aromatic carbocycles. The fourth-order valence-corrected chi connectivity index (χ4v) is 2.57. The van der Waals surface area contributed by atoms with E-state index in [1.807, 2.05) is 27.8 Å². The Hall–Kier alpha value is -1.10. The number of amides is 2. The lowest BCUT2D eigenvalue weighted by molar-refractivity contribution is -0.136. The molecule has 1 saturated carbocycles. The van der Waals surface area contributed by atoms with Crippen LogP contribution in [0.5, 0.6) is 0 Å². The molecule has 0 unspecified atom stereocenters. The molecule has 0 bridgehead atoms. The molecule has 0 saturated heterocycles. The maximum atomic E-state index is 12.1. The first-order chi connectivity index (χ1) is 9.19. The largest absolute Gasteiger partial charge is 0.350 e. The summed E-state index contributed by atoms with van der Waals surface area (Å²) in [6.45, 7) is 6.31. The van der Waals surface area contributed by atoms with Gasteiger partial charge in [0.15, 0.2) is 0 Å². The Kier molecular flexibility index (Phi) is 5.99. The van der Waals surface area contributed by atoms with Crippen molar-refractivity contribution in [2.45, 2.75) is 58.0 Å². The monoisotopic (exact) mass is 283 g/mol. The molecule has 0 heterocycles. The average Bonchev–Trinajstić information content (AvgIpc) is 2.79. The van der Waals surface area contributed by atoms with E-state index in [1.165, 1.54) is 30.6 Å². The Balaban J connectivity index is 2.36. The summed E-state index contributed by atoms with van der Waals surface area (Å²) >= 11 is 0. The third-order valence-corrected chi connectivity index (χ3v) is 3.65. The van der Waals surface area contributed by atoms with Crippen LogP contribution in [0.15, 0.2) is 0 Å². The number of rotatable bonds is 5. The lowest BCUT2D eigenvalue weighted by Crippen LogP contribution is -2.48. The van der Waals surface area contributed by atoms with Crippen LogP contribution in [0.4, 0.5) is 0 Å². The SMILES string of the molecule is CN(CC(=O)NC(C)(C)C)C(=O)CN(C)C1CCCC1. The zero-order chi connectivity index (χ0) is 15.3. The maximum Gasteiger partial charge on any atom is 0.240 e. The van der Waals surface area contributed by atoms with Crippen molar-refractivity contribution in [1.29, 1.82) is 0 Å². The van der Waals surface area contributed by atoms with E-state index in [0.717, 1.165) is 0 Å². The minimum Gasteiger partial charge on any atom is -0.350 e. The van der Waals surface area contributed by atoms with Crippen molar-refractivity contribution < 1.29 is 9.59 Å². The third kappa shape index (κ3) is 5.90. The first-order valence-electron chi connectivity index (χ1n) is 7.44. The molecule has 0 aromatic heterocycles. The van der Waals surface area contributed by atoms with Gasteiger partial charge in [0, 0.05) is 18.6 Å². The van der Waals surface area contributed by atoms with Crippen LogP contribution in [0, 0.1) is 0 Å². The second-order valence-corrected chi connectivity index (χ2v) is 6.90. The molecule has 0 aromatic rings. The van der Waals surface area contributed by atoms with Gasteiger partial charge < -0.3 is 10.2 Å². The summed E-state index contributed by atoms with van der Waals surface area (Å²) in [5.74, 6) is -0.111. The van der Waals surface area contributed by atoms with E-state index in [-0.39, 0.29) is 23.9 Å². The molecule has 5 nitrogen and oxygen atoms in total. The Morgan fingerprint density at radius 3 is 2.15 bits per heavy atom. The van der Waals surface area contributed by atoms with E-state index in [1.54, 1.807) is 7.05 Å². The third-order valence-electron chi connectivity index (χ3n) is 3.65. The second-order valence-electron chi connectivity index (χ2n) is 6.90. The number of nitrogens with one attached hydrogen (secondary N) is 1. The summed E-state index contributed by atoms with van der Waals surface area (Å²) in [5.41, 5.74) is -0.262. The number of carbonyl (C=O) groups excluding carboxylic acids is 2. The van der Waals surface area contributed by atoms with Crippen LogP contribution < -0.4 is 5.32 Å². The van der Waals surface area contributed by atoms with Crippen LogP contribution in [0.25, 0.3) is 0 Å². The van der Waals surface area contributed by atoms with E-state index >= 15 is 0 Å². The molecule has 1 aliphatic carbocycles. The summed E-state index contributed by atoms with van der Waals surface area (Å²) < 4.78 is 0. The predicted molar refractivity (Wildman–Crippen MR) is 80.4 cm³/mol. The highest BCUT2D eigenvalue weighted by atomic mass is 16.2. The minimum atomic E-state index is -0.262. The number of likely N-dealkylation sites (N-methyl/N-ethyl adjacent to an activating group) is 2. The molecule has 1 rings (SSSR count). The molecule has 0 radical (unpaired) electrons. The van der Waals surface area contributed by atoms with Crippen LogP contribution >= 0.6 is 0 Å². The molecular weight excluding hydrogens is 254 g/mol. The van der Waals surface area contributed by atoms with Crippen LogP contribution in [0.1, 0.15) is 46.5 Å². The molecule has 0 spiro atoms. The van der Waals surface area contributed by atoms with E-state index in [0.29, 0.717) is 12.6 Å². The van der Waals surface area contributed by atoms with Crippen molar-refractivity contribution in [3.8, 4) is 0 Å². The number of hydrogen-bond donors (Lipinski definition) is 1. The lowest BCUT2D eigenvalue weighted by atomic mass is 10.1. The van der Waals surface area contributed by atoms with Gasteiger partial charge in [-0.3, -0.25) is 14.5 Å². The molecule has 2 amide bonds. The van der Waals surface area contributed by atoms with Crippen molar-refractivity contribution in [3.63, 3.8) is 0 Å². The molecular formula is C15H29N3O2. The minimum absolute atomic E-state index is 0.00320. The van der Waals surface area contributed by atoms with Gasteiger partial charge in [0.25, 0.3) is 0 Å². The summed E-state index contributed by atoms with van der Waals surface area (Å²) in [4.78, 5) is 27.5. The quantitative estimate of drug-likeness (QED) is 0.826. The van der Waals surface area contributed by atoms with Gasteiger partial charge in [-0.15, -0.1) is 0 Å². The molecule has 5 heteroatoms. The standard InChI is InChI=1S/C15H29N3O2/c1-15(2,3)16-13(19)10-18(5)14(20)11-17(4)12-8-6-7-9-12/h12H,6-11H2,1-5H3,(H,16,19). The van der Waals surface area contributed by atoms with Crippen LogP contribution in [0.3, 0.4) is 0 Å². The first-order valence-corrected chi connectivity index (χ1v) is 7.44. The van der Waals surface area contributed by atoms with E-state index in [4.69, 9.17) is 0 Å². The first kappa shape index (κ1) is 17.0. The summed E-state index contributed by atoms with van der Waals surface area (Å²) in [6.07, 6.45) is 4.87.